The largest absolute Gasteiger partial charge is 0.301 e. The number of hydrogen-bond acceptors (Lipinski definition) is 4. The minimum absolute atomic E-state index is 0.311. The zero-order valence-electron chi connectivity index (χ0n) is 33.7. The van der Waals surface area contributed by atoms with Gasteiger partial charge in [0.2, 0.25) is 0 Å². The van der Waals surface area contributed by atoms with Gasteiger partial charge in [0.25, 0.3) is 0 Å². The van der Waals surface area contributed by atoms with Crippen LogP contribution < -0.4 is 14.6 Å². The minimum Gasteiger partial charge on any atom is -0.270 e. The van der Waals surface area contributed by atoms with E-state index in [1.54, 1.807) is 0 Å². The first kappa shape index (κ1) is 36.7. The van der Waals surface area contributed by atoms with E-state index in [9.17, 15) is 0 Å². The standard InChI is InChI=1S/C54H40N5OP/c1-54(2)47-34-39(28-31-45(47)46-32-29-41(35-48(46)54)53-56-51(37-18-8-3-9-19-37)55-52(57-53)38-20-10-4-11-21-38)40-30-33-49-50(36-40)59(43-24-14-6-15-25-43)61(60,44-26-16-7-17-27-44)58(49)42-22-12-5-13-23-42/h3-36H,1-2H3. The SMILES string of the molecule is CC1(C)c2cc(-c3ccc4c(c3)N(c3ccccc3)P(=O)(c3ccccc3)N4c3ccccc3)ccc2-c2ccc(-c3nc(-c4ccccc4)nc(-c4ccccc4)n3)cc21. The maximum absolute atomic E-state index is 16.1. The monoisotopic (exact) mass is 805 g/mol. The second kappa shape index (κ2) is 14.4. The van der Waals surface area contributed by atoms with Crippen LogP contribution in [0.25, 0.3) is 56.4 Å². The molecule has 0 radical (unpaired) electrons. The molecule has 0 bridgehead atoms. The molecule has 0 fully saturated rings. The van der Waals surface area contributed by atoms with Gasteiger partial charge in [0, 0.05) is 33.5 Å². The first-order valence-corrected chi connectivity index (χ1v) is 22.2. The average molecular weight is 806 g/mol. The Balaban J connectivity index is 1.01. The molecule has 0 saturated carbocycles. The predicted octanol–water partition coefficient (Wildman–Crippen LogP) is 13.7. The zero-order valence-corrected chi connectivity index (χ0v) is 34.6. The summed E-state index contributed by atoms with van der Waals surface area (Å²) in [7, 11) is -3.47. The Morgan fingerprint density at radius 1 is 0.393 bits per heavy atom. The molecule has 0 amide bonds. The number of aromatic nitrogens is 3. The van der Waals surface area contributed by atoms with Gasteiger partial charge in [-0.1, -0.05) is 159 Å². The van der Waals surface area contributed by atoms with Gasteiger partial charge >= 0.3 is 7.44 Å². The summed E-state index contributed by atoms with van der Waals surface area (Å²) in [6.07, 6.45) is 0. The lowest BCUT2D eigenvalue weighted by atomic mass is 9.81. The van der Waals surface area contributed by atoms with Gasteiger partial charge in [-0.2, -0.15) is 0 Å². The van der Waals surface area contributed by atoms with E-state index in [4.69, 9.17) is 15.0 Å². The van der Waals surface area contributed by atoms with Crippen molar-refractivity contribution in [3.8, 4) is 56.4 Å². The molecule has 0 N–H and O–H groups in total. The van der Waals surface area contributed by atoms with Gasteiger partial charge in [-0.3, -0.25) is 13.9 Å². The first-order chi connectivity index (χ1) is 29.9. The number of benzene rings is 8. The maximum Gasteiger partial charge on any atom is 0.301 e. The normalized spacial score (nSPS) is 15.9. The fourth-order valence-electron chi connectivity index (χ4n) is 9.01. The van der Waals surface area contributed by atoms with E-state index >= 15 is 4.57 Å². The molecule has 0 spiro atoms. The minimum atomic E-state index is -3.47. The van der Waals surface area contributed by atoms with E-state index in [0.29, 0.717) is 17.5 Å². The molecule has 9 aromatic rings. The van der Waals surface area contributed by atoms with E-state index in [0.717, 1.165) is 55.9 Å². The summed E-state index contributed by atoms with van der Waals surface area (Å²) < 4.78 is 20.2. The Hall–Kier alpha value is -7.40. The maximum atomic E-state index is 16.1. The number of para-hydroxylation sites is 2. The summed E-state index contributed by atoms with van der Waals surface area (Å²) in [5, 5.41) is 0.765. The van der Waals surface area contributed by atoms with Crippen LogP contribution in [0, 0.1) is 0 Å². The van der Waals surface area contributed by atoms with E-state index in [2.05, 4.69) is 73.1 Å². The van der Waals surface area contributed by atoms with Crippen molar-refractivity contribution in [3.63, 3.8) is 0 Å². The van der Waals surface area contributed by atoms with Crippen molar-refractivity contribution in [2.45, 2.75) is 19.3 Å². The van der Waals surface area contributed by atoms with Gasteiger partial charge in [0.05, 0.1) is 16.7 Å². The number of nitrogens with zero attached hydrogens (tertiary/aromatic N) is 5. The van der Waals surface area contributed by atoms with Gasteiger partial charge in [0.15, 0.2) is 17.5 Å². The van der Waals surface area contributed by atoms with Crippen molar-refractivity contribution in [1.29, 1.82) is 0 Å². The third-order valence-electron chi connectivity index (χ3n) is 12.0. The average Bonchev–Trinajstić information content (AvgIpc) is 3.73. The number of anilines is 4. The lowest BCUT2D eigenvalue weighted by Crippen LogP contribution is -2.26. The van der Waals surface area contributed by atoms with Crippen LogP contribution >= 0.6 is 7.44 Å². The Bertz CT molecular complexity index is 3080. The highest BCUT2D eigenvalue weighted by Crippen LogP contribution is 2.70. The van der Waals surface area contributed by atoms with Crippen LogP contribution in [0.1, 0.15) is 25.0 Å². The van der Waals surface area contributed by atoms with Crippen LogP contribution in [-0.2, 0) is 9.98 Å². The molecule has 1 atom stereocenters. The van der Waals surface area contributed by atoms with E-state index < -0.39 is 7.44 Å². The molecule has 6 nitrogen and oxygen atoms in total. The highest BCUT2D eigenvalue weighted by molar-refractivity contribution is 7.76. The van der Waals surface area contributed by atoms with Gasteiger partial charge in [0.1, 0.15) is 0 Å². The summed E-state index contributed by atoms with van der Waals surface area (Å²) in [6, 6.07) is 70.2. The third-order valence-corrected chi connectivity index (χ3v) is 15.0. The zero-order chi connectivity index (χ0) is 41.1. The highest BCUT2D eigenvalue weighted by Gasteiger charge is 2.49. The Labute approximate surface area is 356 Å². The first-order valence-electron chi connectivity index (χ1n) is 20.6. The van der Waals surface area contributed by atoms with Gasteiger partial charge in [-0.15, -0.1) is 0 Å². The molecule has 292 valence electrons. The summed E-state index contributed by atoms with van der Waals surface area (Å²) in [6.45, 7) is 4.61. The Morgan fingerprint density at radius 3 is 1.31 bits per heavy atom. The fourth-order valence-corrected chi connectivity index (χ4v) is 12.0. The predicted molar refractivity (Wildman–Crippen MR) is 250 cm³/mol. The third kappa shape index (κ3) is 6.02. The molecule has 0 saturated heterocycles. The Kier molecular flexibility index (Phi) is 8.66. The van der Waals surface area contributed by atoms with Gasteiger partial charge in [-0.05, 0) is 94.0 Å². The van der Waals surface area contributed by atoms with Crippen LogP contribution in [0.15, 0.2) is 206 Å². The quantitative estimate of drug-likeness (QED) is 0.150. The van der Waals surface area contributed by atoms with Crippen LogP contribution in [0.4, 0.5) is 22.7 Å². The fraction of sp³-hybridized carbons (Fsp3) is 0.0556. The van der Waals surface area contributed by atoms with Crippen molar-refractivity contribution in [2.24, 2.45) is 0 Å². The highest BCUT2D eigenvalue weighted by atomic mass is 31.2. The van der Waals surface area contributed by atoms with Crippen molar-refractivity contribution < 1.29 is 4.57 Å². The molecule has 2 aliphatic rings. The number of rotatable bonds is 7. The van der Waals surface area contributed by atoms with Crippen molar-refractivity contribution >= 4 is 35.5 Å². The lowest BCUT2D eigenvalue weighted by Gasteiger charge is -2.33. The molecule has 61 heavy (non-hydrogen) atoms. The van der Waals surface area contributed by atoms with Crippen molar-refractivity contribution in [1.82, 2.24) is 15.0 Å². The Morgan fingerprint density at radius 2 is 0.787 bits per heavy atom. The molecule has 1 aromatic heterocycles. The second-order valence-electron chi connectivity index (χ2n) is 16.1. The summed E-state index contributed by atoms with van der Waals surface area (Å²) in [4.78, 5) is 15.0. The van der Waals surface area contributed by atoms with E-state index in [1.165, 1.54) is 22.3 Å². The molecular formula is C54H40N5OP. The van der Waals surface area contributed by atoms with Crippen molar-refractivity contribution in [2.75, 3.05) is 9.34 Å². The molecule has 1 unspecified atom stereocenters. The molecular weight excluding hydrogens is 766 g/mol. The van der Waals surface area contributed by atoms with Crippen LogP contribution in [0.2, 0.25) is 0 Å². The molecule has 8 aromatic carbocycles. The van der Waals surface area contributed by atoms with Gasteiger partial charge in [-0.25, -0.2) is 15.0 Å². The van der Waals surface area contributed by atoms with E-state index in [-0.39, 0.29) is 5.41 Å². The number of hydrogen-bond donors (Lipinski definition) is 0. The topological polar surface area (TPSA) is 62.2 Å². The smallest absolute Gasteiger partial charge is 0.270 e. The summed E-state index contributed by atoms with van der Waals surface area (Å²) in [5.41, 5.74) is 13.1. The molecule has 7 heteroatoms. The second-order valence-corrected chi connectivity index (χ2v) is 18.5. The lowest BCUT2D eigenvalue weighted by molar-refractivity contribution is 0.582. The molecule has 11 rings (SSSR count). The van der Waals surface area contributed by atoms with Gasteiger partial charge < -0.3 is 0 Å². The molecule has 1 aliphatic carbocycles. The molecule has 2 heterocycles. The summed E-state index contributed by atoms with van der Waals surface area (Å²) >= 11 is 0. The van der Waals surface area contributed by atoms with E-state index in [1.807, 2.05) is 156 Å². The van der Waals surface area contributed by atoms with Crippen LogP contribution in [-0.4, -0.2) is 15.0 Å². The van der Waals surface area contributed by atoms with Crippen molar-refractivity contribution in [3.05, 3.63) is 217 Å². The molecule has 1 aliphatic heterocycles. The summed E-state index contributed by atoms with van der Waals surface area (Å²) in [5.74, 6) is 1.93. The van der Waals surface area contributed by atoms with Crippen LogP contribution in [0.5, 0.6) is 0 Å². The van der Waals surface area contributed by atoms with Crippen LogP contribution in [0.3, 0.4) is 0 Å². The number of fused-ring (bicyclic) bond motifs is 4.